The summed E-state index contributed by atoms with van der Waals surface area (Å²) in [6.45, 7) is 8.32. The average molecular weight is 298 g/mol. The molecule has 118 valence electrons. The molecule has 20 heavy (non-hydrogen) atoms. The second-order valence-corrected chi connectivity index (χ2v) is 8.77. The maximum Gasteiger partial charge on any atom is 0.0186 e. The Morgan fingerprint density at radius 3 is 2.25 bits per heavy atom. The van der Waals surface area contributed by atoms with Gasteiger partial charge in [-0.3, -0.25) is 0 Å². The van der Waals surface area contributed by atoms with Gasteiger partial charge >= 0.3 is 0 Å². The average Bonchev–Trinajstić information content (AvgIpc) is 2.43. The Morgan fingerprint density at radius 2 is 1.65 bits per heavy atom. The number of thioether (sulfide) groups is 1. The van der Waals surface area contributed by atoms with Crippen LogP contribution in [-0.4, -0.2) is 23.6 Å². The third-order valence-corrected chi connectivity index (χ3v) is 6.81. The van der Waals surface area contributed by atoms with Gasteiger partial charge in [0.2, 0.25) is 0 Å². The Hall–Kier alpha value is 0.310. The zero-order chi connectivity index (χ0) is 14.4. The predicted molar refractivity (Wildman–Crippen MR) is 92.5 cm³/mol. The summed E-state index contributed by atoms with van der Waals surface area (Å²) in [6, 6.07) is 0.761. The van der Waals surface area contributed by atoms with Crippen LogP contribution in [-0.2, 0) is 0 Å². The van der Waals surface area contributed by atoms with Gasteiger partial charge in [-0.1, -0.05) is 40.0 Å². The summed E-state index contributed by atoms with van der Waals surface area (Å²) in [7, 11) is 0. The molecule has 0 spiro atoms. The molecule has 2 aliphatic carbocycles. The lowest BCUT2D eigenvalue weighted by molar-refractivity contribution is 0.185. The lowest BCUT2D eigenvalue weighted by atomic mass is 9.74. The van der Waals surface area contributed by atoms with Crippen molar-refractivity contribution in [2.24, 2.45) is 17.8 Å². The van der Waals surface area contributed by atoms with Crippen LogP contribution in [0.5, 0.6) is 0 Å². The zero-order valence-electron chi connectivity index (χ0n) is 13.9. The normalized spacial score (nSPS) is 34.0. The summed E-state index contributed by atoms with van der Waals surface area (Å²) in [6.07, 6.45) is 11.7. The van der Waals surface area contributed by atoms with E-state index in [2.05, 4.69) is 37.8 Å². The van der Waals surface area contributed by atoms with Crippen LogP contribution in [0.1, 0.15) is 72.1 Å². The second-order valence-electron chi connectivity index (χ2n) is 7.44. The van der Waals surface area contributed by atoms with Gasteiger partial charge < -0.3 is 5.32 Å². The summed E-state index contributed by atoms with van der Waals surface area (Å²) in [5.74, 6) is 4.14. The van der Waals surface area contributed by atoms with Crippen molar-refractivity contribution in [3.8, 4) is 0 Å². The van der Waals surface area contributed by atoms with Crippen molar-refractivity contribution in [2.45, 2.75) is 83.4 Å². The van der Waals surface area contributed by atoms with Gasteiger partial charge in [0.05, 0.1) is 0 Å². The highest BCUT2D eigenvalue weighted by Crippen LogP contribution is 2.37. The maximum atomic E-state index is 3.81. The van der Waals surface area contributed by atoms with E-state index in [1.54, 1.807) is 0 Å². The molecular weight excluding hydrogens is 262 g/mol. The first-order valence-electron chi connectivity index (χ1n) is 9.04. The number of hydrogen-bond acceptors (Lipinski definition) is 2. The number of rotatable bonds is 6. The van der Waals surface area contributed by atoms with Gasteiger partial charge in [-0.25, -0.2) is 0 Å². The fraction of sp³-hybridized carbons (Fsp3) is 1.00. The molecule has 2 rings (SSSR count). The SMILES string of the molecule is CCNC(CSC1CCCCC1)C1CC(C)CC(C)C1. The summed E-state index contributed by atoms with van der Waals surface area (Å²) >= 11 is 2.28. The van der Waals surface area contributed by atoms with Crippen molar-refractivity contribution in [1.82, 2.24) is 5.32 Å². The first-order valence-corrected chi connectivity index (χ1v) is 10.1. The van der Waals surface area contributed by atoms with Gasteiger partial charge in [0.25, 0.3) is 0 Å². The van der Waals surface area contributed by atoms with Crippen LogP contribution in [0.25, 0.3) is 0 Å². The fourth-order valence-electron chi connectivity index (χ4n) is 4.43. The molecule has 1 N–H and O–H groups in total. The molecule has 0 aromatic carbocycles. The van der Waals surface area contributed by atoms with E-state index < -0.39 is 0 Å². The fourth-order valence-corrected chi connectivity index (χ4v) is 5.97. The first-order chi connectivity index (χ1) is 9.69. The Morgan fingerprint density at radius 1 is 1.00 bits per heavy atom. The molecule has 0 amide bonds. The van der Waals surface area contributed by atoms with Crippen molar-refractivity contribution in [3.05, 3.63) is 0 Å². The molecule has 2 aliphatic rings. The molecule has 2 heteroatoms. The molecule has 2 saturated carbocycles. The van der Waals surface area contributed by atoms with E-state index in [9.17, 15) is 0 Å². The zero-order valence-corrected chi connectivity index (χ0v) is 14.7. The molecule has 2 fully saturated rings. The van der Waals surface area contributed by atoms with E-state index in [1.165, 1.54) is 57.1 Å². The van der Waals surface area contributed by atoms with Crippen LogP contribution < -0.4 is 5.32 Å². The van der Waals surface area contributed by atoms with E-state index >= 15 is 0 Å². The summed E-state index contributed by atoms with van der Waals surface area (Å²) < 4.78 is 0. The standard InChI is InChI=1S/C18H35NS/c1-4-19-18(13-20-17-8-6-5-7-9-17)16-11-14(2)10-15(3)12-16/h14-19H,4-13H2,1-3H3. The molecule has 0 aliphatic heterocycles. The van der Waals surface area contributed by atoms with Gasteiger partial charge in [-0.15, -0.1) is 0 Å². The lowest BCUT2D eigenvalue weighted by Crippen LogP contribution is -2.42. The molecule has 0 aromatic rings. The highest BCUT2D eigenvalue weighted by atomic mass is 32.2. The van der Waals surface area contributed by atoms with E-state index in [0.717, 1.165) is 35.6 Å². The van der Waals surface area contributed by atoms with Gasteiger partial charge in [0.1, 0.15) is 0 Å². The minimum Gasteiger partial charge on any atom is -0.313 e. The monoisotopic (exact) mass is 297 g/mol. The summed E-state index contributed by atoms with van der Waals surface area (Å²) in [5, 5.41) is 4.77. The van der Waals surface area contributed by atoms with E-state index in [1.807, 2.05) is 0 Å². The van der Waals surface area contributed by atoms with Gasteiger partial charge in [0.15, 0.2) is 0 Å². The molecule has 0 saturated heterocycles. The molecular formula is C18H35NS. The molecule has 3 atom stereocenters. The van der Waals surface area contributed by atoms with Crippen molar-refractivity contribution in [3.63, 3.8) is 0 Å². The van der Waals surface area contributed by atoms with E-state index in [0.29, 0.717) is 0 Å². The lowest BCUT2D eigenvalue weighted by Gasteiger charge is -2.37. The largest absolute Gasteiger partial charge is 0.313 e. The first kappa shape index (κ1) is 16.7. The molecule has 3 unspecified atom stereocenters. The second kappa shape index (κ2) is 8.68. The molecule has 0 radical (unpaired) electrons. The highest BCUT2D eigenvalue weighted by Gasteiger charge is 2.30. The Bertz CT molecular complexity index is 252. The van der Waals surface area contributed by atoms with Crippen LogP contribution in [0.3, 0.4) is 0 Å². The number of hydrogen-bond donors (Lipinski definition) is 1. The number of nitrogens with one attached hydrogen (secondary N) is 1. The van der Waals surface area contributed by atoms with Gasteiger partial charge in [-0.05, 0) is 56.4 Å². The predicted octanol–water partition coefficient (Wildman–Crippen LogP) is 5.10. The Kier molecular flexibility index (Phi) is 7.24. The van der Waals surface area contributed by atoms with E-state index in [-0.39, 0.29) is 0 Å². The van der Waals surface area contributed by atoms with Crippen LogP contribution in [0.15, 0.2) is 0 Å². The summed E-state index contributed by atoms with van der Waals surface area (Å²) in [5.41, 5.74) is 0. The van der Waals surface area contributed by atoms with E-state index in [4.69, 9.17) is 0 Å². The van der Waals surface area contributed by atoms with Crippen LogP contribution in [0.4, 0.5) is 0 Å². The van der Waals surface area contributed by atoms with Gasteiger partial charge in [-0.2, -0.15) is 11.8 Å². The third-order valence-electron chi connectivity index (χ3n) is 5.31. The van der Waals surface area contributed by atoms with Crippen molar-refractivity contribution < 1.29 is 0 Å². The topological polar surface area (TPSA) is 12.0 Å². The van der Waals surface area contributed by atoms with Gasteiger partial charge in [0, 0.05) is 17.0 Å². The van der Waals surface area contributed by atoms with Crippen LogP contribution in [0, 0.1) is 17.8 Å². The van der Waals surface area contributed by atoms with Crippen LogP contribution >= 0.6 is 11.8 Å². The van der Waals surface area contributed by atoms with Crippen LogP contribution in [0.2, 0.25) is 0 Å². The summed E-state index contributed by atoms with van der Waals surface area (Å²) in [4.78, 5) is 0. The Labute approximate surface area is 131 Å². The minimum absolute atomic E-state index is 0.761. The molecule has 0 aromatic heterocycles. The minimum atomic E-state index is 0.761. The maximum absolute atomic E-state index is 3.81. The smallest absolute Gasteiger partial charge is 0.0186 e. The van der Waals surface area contributed by atoms with Crippen molar-refractivity contribution >= 4 is 11.8 Å². The van der Waals surface area contributed by atoms with Crippen molar-refractivity contribution in [1.29, 1.82) is 0 Å². The molecule has 0 bridgehead atoms. The Balaban J connectivity index is 1.82. The molecule has 1 nitrogen and oxygen atoms in total. The third kappa shape index (κ3) is 5.26. The van der Waals surface area contributed by atoms with Crippen molar-refractivity contribution in [2.75, 3.05) is 12.3 Å². The molecule has 0 heterocycles. The highest BCUT2D eigenvalue weighted by molar-refractivity contribution is 7.99. The quantitative estimate of drug-likeness (QED) is 0.732.